The minimum Gasteiger partial charge on any atom is -0.342 e. The number of hydrogen-bond donors (Lipinski definition) is 2. The molecule has 24 heavy (non-hydrogen) atoms. The molecule has 1 aromatic carbocycles. The number of urea groups is 1. The van der Waals surface area contributed by atoms with E-state index in [1.54, 1.807) is 29.0 Å². The van der Waals surface area contributed by atoms with Crippen molar-refractivity contribution in [1.29, 1.82) is 0 Å². The van der Waals surface area contributed by atoms with E-state index >= 15 is 0 Å². The molecule has 3 N–H and O–H groups in total. The second-order valence-corrected chi connectivity index (χ2v) is 6.71. The highest BCUT2D eigenvalue weighted by Crippen LogP contribution is 2.19. The Bertz CT molecular complexity index is 588. The van der Waals surface area contributed by atoms with Gasteiger partial charge in [-0.3, -0.25) is 9.69 Å². The maximum atomic E-state index is 12.6. The first-order valence-corrected chi connectivity index (χ1v) is 8.56. The van der Waals surface area contributed by atoms with E-state index in [1.165, 1.54) is 0 Å². The summed E-state index contributed by atoms with van der Waals surface area (Å²) in [5, 5.41) is 2.82. The summed E-state index contributed by atoms with van der Waals surface area (Å²) in [4.78, 5) is 27.9. The van der Waals surface area contributed by atoms with Gasteiger partial charge in [0.2, 0.25) is 0 Å². The maximum absolute atomic E-state index is 12.6. The van der Waals surface area contributed by atoms with Gasteiger partial charge in [0, 0.05) is 44.0 Å². The molecular formula is C18H28N4O2. The first-order chi connectivity index (χ1) is 11.4. The van der Waals surface area contributed by atoms with Crippen LogP contribution in [0.3, 0.4) is 0 Å². The molecule has 1 aliphatic heterocycles. The first-order valence-electron chi connectivity index (χ1n) is 8.56. The summed E-state index contributed by atoms with van der Waals surface area (Å²) in [6.45, 7) is 6.15. The Kier molecular flexibility index (Phi) is 6.20. The smallest absolute Gasteiger partial charge is 0.321 e. The molecule has 2 rings (SSSR count). The van der Waals surface area contributed by atoms with Gasteiger partial charge in [-0.25, -0.2) is 4.79 Å². The zero-order chi connectivity index (χ0) is 17.7. The third-order valence-corrected chi connectivity index (χ3v) is 4.49. The monoisotopic (exact) mass is 332 g/mol. The third-order valence-electron chi connectivity index (χ3n) is 4.49. The van der Waals surface area contributed by atoms with Crippen molar-refractivity contribution in [2.75, 3.05) is 31.6 Å². The van der Waals surface area contributed by atoms with Crippen molar-refractivity contribution in [2.45, 2.75) is 32.7 Å². The number of carbonyl (C=O) groups is 2. The van der Waals surface area contributed by atoms with Crippen LogP contribution in [0.4, 0.5) is 10.5 Å². The van der Waals surface area contributed by atoms with Crippen LogP contribution in [0.15, 0.2) is 24.3 Å². The molecule has 0 radical (unpaired) electrons. The number of amides is 3. The van der Waals surface area contributed by atoms with Crippen LogP contribution < -0.4 is 16.0 Å². The van der Waals surface area contributed by atoms with Crippen molar-refractivity contribution in [3.63, 3.8) is 0 Å². The molecule has 1 aliphatic rings. The van der Waals surface area contributed by atoms with Crippen molar-refractivity contribution in [2.24, 2.45) is 11.7 Å². The fourth-order valence-corrected chi connectivity index (χ4v) is 2.68. The summed E-state index contributed by atoms with van der Waals surface area (Å²) in [7, 11) is 1.79. The van der Waals surface area contributed by atoms with Gasteiger partial charge in [-0.05, 0) is 37.0 Å². The molecule has 6 heteroatoms. The third kappa shape index (κ3) is 4.47. The lowest BCUT2D eigenvalue weighted by atomic mass is 10.0. The minimum absolute atomic E-state index is 0.0507. The van der Waals surface area contributed by atoms with Crippen LogP contribution in [0, 0.1) is 5.92 Å². The zero-order valence-corrected chi connectivity index (χ0v) is 14.8. The molecular weight excluding hydrogens is 304 g/mol. The maximum Gasteiger partial charge on any atom is 0.321 e. The van der Waals surface area contributed by atoms with E-state index in [0.29, 0.717) is 31.1 Å². The Morgan fingerprint density at radius 3 is 2.83 bits per heavy atom. The number of rotatable bonds is 6. The lowest BCUT2D eigenvalue weighted by Gasteiger charge is -2.28. The quantitative estimate of drug-likeness (QED) is 0.837. The lowest BCUT2D eigenvalue weighted by Crippen LogP contribution is -2.46. The Morgan fingerprint density at radius 2 is 2.17 bits per heavy atom. The molecule has 0 bridgehead atoms. The van der Waals surface area contributed by atoms with E-state index in [1.807, 2.05) is 12.1 Å². The minimum atomic E-state index is -0.109. The van der Waals surface area contributed by atoms with E-state index in [2.05, 4.69) is 19.2 Å². The van der Waals surface area contributed by atoms with Gasteiger partial charge >= 0.3 is 6.03 Å². The van der Waals surface area contributed by atoms with Gasteiger partial charge < -0.3 is 16.0 Å². The van der Waals surface area contributed by atoms with Crippen LogP contribution in [0.25, 0.3) is 0 Å². The molecule has 1 heterocycles. The Labute approximate surface area is 144 Å². The van der Waals surface area contributed by atoms with Crippen molar-refractivity contribution in [1.82, 2.24) is 10.2 Å². The number of anilines is 1. The van der Waals surface area contributed by atoms with E-state index in [9.17, 15) is 9.59 Å². The molecule has 0 spiro atoms. The summed E-state index contributed by atoms with van der Waals surface area (Å²) in [5.41, 5.74) is 7.40. The summed E-state index contributed by atoms with van der Waals surface area (Å²) in [6.07, 6.45) is 1.67. The van der Waals surface area contributed by atoms with Crippen molar-refractivity contribution >= 4 is 17.6 Å². The highest BCUT2D eigenvalue weighted by atomic mass is 16.2. The molecule has 132 valence electrons. The van der Waals surface area contributed by atoms with Gasteiger partial charge in [-0.1, -0.05) is 19.9 Å². The second-order valence-electron chi connectivity index (χ2n) is 6.71. The zero-order valence-electron chi connectivity index (χ0n) is 14.8. The van der Waals surface area contributed by atoms with Gasteiger partial charge in [-0.2, -0.15) is 0 Å². The number of nitrogens with one attached hydrogen (secondary N) is 1. The standard InChI is InChI=1S/C18H28N4O2/c1-13(2)16(19)8-11-21(3)17(23)14-6-4-7-15(12-14)22-10-5-9-20-18(22)24/h4,6-7,12-13,16H,5,8-11,19H2,1-3H3,(H,20,24). The molecule has 1 fully saturated rings. The normalized spacial score (nSPS) is 16.0. The number of hydrogen-bond acceptors (Lipinski definition) is 3. The fraction of sp³-hybridized carbons (Fsp3) is 0.556. The van der Waals surface area contributed by atoms with Crippen LogP contribution in [-0.4, -0.2) is 49.6 Å². The highest BCUT2D eigenvalue weighted by molar-refractivity contribution is 5.97. The van der Waals surface area contributed by atoms with Crippen molar-refractivity contribution < 1.29 is 9.59 Å². The van der Waals surface area contributed by atoms with Gasteiger partial charge in [0.15, 0.2) is 0 Å². The molecule has 0 aliphatic carbocycles. The Balaban J connectivity index is 2.04. The lowest BCUT2D eigenvalue weighted by molar-refractivity contribution is 0.0789. The van der Waals surface area contributed by atoms with Crippen LogP contribution in [0.2, 0.25) is 0 Å². The molecule has 3 amide bonds. The highest BCUT2D eigenvalue weighted by Gasteiger charge is 2.21. The average molecular weight is 332 g/mol. The predicted molar refractivity (Wildman–Crippen MR) is 96.2 cm³/mol. The summed E-state index contributed by atoms with van der Waals surface area (Å²) in [6, 6.07) is 7.22. The number of carbonyl (C=O) groups excluding carboxylic acids is 2. The molecule has 0 saturated carbocycles. The second kappa shape index (κ2) is 8.15. The summed E-state index contributed by atoms with van der Waals surface area (Å²) in [5.74, 6) is 0.347. The Morgan fingerprint density at radius 1 is 1.42 bits per heavy atom. The summed E-state index contributed by atoms with van der Waals surface area (Å²) < 4.78 is 0. The van der Waals surface area contributed by atoms with E-state index < -0.39 is 0 Å². The number of nitrogens with zero attached hydrogens (tertiary/aromatic N) is 2. The molecule has 6 nitrogen and oxygen atoms in total. The fourth-order valence-electron chi connectivity index (χ4n) is 2.68. The van der Waals surface area contributed by atoms with Crippen LogP contribution in [-0.2, 0) is 0 Å². The largest absolute Gasteiger partial charge is 0.342 e. The van der Waals surface area contributed by atoms with Crippen LogP contribution >= 0.6 is 0 Å². The average Bonchev–Trinajstić information content (AvgIpc) is 2.59. The predicted octanol–water partition coefficient (Wildman–Crippen LogP) is 2.05. The first kappa shape index (κ1) is 18.3. The number of benzene rings is 1. The topological polar surface area (TPSA) is 78.7 Å². The van der Waals surface area contributed by atoms with E-state index in [-0.39, 0.29) is 18.0 Å². The van der Waals surface area contributed by atoms with Crippen molar-refractivity contribution in [3.05, 3.63) is 29.8 Å². The van der Waals surface area contributed by atoms with Gasteiger partial charge in [0.25, 0.3) is 5.91 Å². The number of nitrogens with two attached hydrogens (primary N) is 1. The van der Waals surface area contributed by atoms with Crippen LogP contribution in [0.1, 0.15) is 37.0 Å². The molecule has 1 atom stereocenters. The van der Waals surface area contributed by atoms with Gasteiger partial charge in [-0.15, -0.1) is 0 Å². The van der Waals surface area contributed by atoms with Crippen LogP contribution in [0.5, 0.6) is 0 Å². The van der Waals surface area contributed by atoms with Gasteiger partial charge in [0.1, 0.15) is 0 Å². The molecule has 0 aromatic heterocycles. The SMILES string of the molecule is CC(C)C(N)CCN(C)C(=O)c1cccc(N2CCCNC2=O)c1. The van der Waals surface area contributed by atoms with Crippen molar-refractivity contribution in [3.8, 4) is 0 Å². The van der Waals surface area contributed by atoms with E-state index in [0.717, 1.165) is 18.5 Å². The van der Waals surface area contributed by atoms with E-state index in [4.69, 9.17) is 5.73 Å². The Hall–Kier alpha value is -2.08. The summed E-state index contributed by atoms with van der Waals surface area (Å²) >= 11 is 0. The molecule has 1 aromatic rings. The van der Waals surface area contributed by atoms with Gasteiger partial charge in [0.05, 0.1) is 0 Å². The molecule has 1 unspecified atom stereocenters. The molecule has 1 saturated heterocycles.